The molecule has 5 nitrogen and oxygen atoms in total. The summed E-state index contributed by atoms with van der Waals surface area (Å²) >= 11 is 0. The van der Waals surface area contributed by atoms with Gasteiger partial charge >= 0.3 is 0 Å². The summed E-state index contributed by atoms with van der Waals surface area (Å²) in [6.45, 7) is 3.08. The van der Waals surface area contributed by atoms with Crippen molar-refractivity contribution in [3.63, 3.8) is 0 Å². The van der Waals surface area contributed by atoms with Gasteiger partial charge in [-0.25, -0.2) is 8.42 Å². The molecule has 1 heterocycles. The Kier molecular flexibility index (Phi) is 4.57. The van der Waals surface area contributed by atoms with Gasteiger partial charge in [0.25, 0.3) is 0 Å². The first-order valence-corrected chi connectivity index (χ1v) is 8.31. The van der Waals surface area contributed by atoms with Crippen molar-refractivity contribution in [3.05, 3.63) is 35.9 Å². The third-order valence-electron chi connectivity index (χ3n) is 3.59. The zero-order chi connectivity index (χ0) is 13.9. The van der Waals surface area contributed by atoms with E-state index in [-0.39, 0.29) is 6.04 Å². The molecular formula is C13H21N3O2S. The maximum atomic E-state index is 11.5. The molecule has 0 amide bonds. The highest BCUT2D eigenvalue weighted by Crippen LogP contribution is 2.21. The molecule has 2 N–H and O–H groups in total. The Morgan fingerprint density at radius 2 is 1.74 bits per heavy atom. The fourth-order valence-corrected chi connectivity index (χ4v) is 3.34. The van der Waals surface area contributed by atoms with Gasteiger partial charge in [-0.2, -0.15) is 4.31 Å². The molecule has 0 aromatic heterocycles. The Morgan fingerprint density at radius 1 is 1.16 bits per heavy atom. The summed E-state index contributed by atoms with van der Waals surface area (Å²) in [6.07, 6.45) is 1.26. The minimum absolute atomic E-state index is 0.169. The highest BCUT2D eigenvalue weighted by atomic mass is 32.2. The second kappa shape index (κ2) is 6.00. The molecule has 106 valence electrons. The third-order valence-corrected chi connectivity index (χ3v) is 4.89. The molecule has 1 unspecified atom stereocenters. The summed E-state index contributed by atoms with van der Waals surface area (Å²) in [7, 11) is -3.07. The first kappa shape index (κ1) is 14.5. The summed E-state index contributed by atoms with van der Waals surface area (Å²) in [5.74, 6) is 0. The van der Waals surface area contributed by atoms with Crippen molar-refractivity contribution in [1.82, 2.24) is 9.21 Å². The van der Waals surface area contributed by atoms with E-state index in [1.165, 1.54) is 16.1 Å². The smallest absolute Gasteiger partial charge is 0.211 e. The predicted molar refractivity (Wildman–Crippen MR) is 76.2 cm³/mol. The largest absolute Gasteiger partial charge is 0.329 e. The first-order chi connectivity index (χ1) is 9.02. The lowest BCUT2D eigenvalue weighted by Gasteiger charge is -2.38. The number of hydrogen-bond acceptors (Lipinski definition) is 4. The van der Waals surface area contributed by atoms with E-state index in [2.05, 4.69) is 17.0 Å². The zero-order valence-electron chi connectivity index (χ0n) is 11.2. The maximum absolute atomic E-state index is 11.5. The molecular weight excluding hydrogens is 262 g/mol. The van der Waals surface area contributed by atoms with Crippen molar-refractivity contribution in [2.75, 3.05) is 39.0 Å². The number of nitrogens with zero attached hydrogens (tertiary/aromatic N) is 2. The van der Waals surface area contributed by atoms with E-state index in [9.17, 15) is 8.42 Å². The fourth-order valence-electron chi connectivity index (χ4n) is 2.52. The lowest BCUT2D eigenvalue weighted by Crippen LogP contribution is -2.50. The highest BCUT2D eigenvalue weighted by molar-refractivity contribution is 7.88. The van der Waals surface area contributed by atoms with Gasteiger partial charge in [-0.05, 0) is 5.56 Å². The highest BCUT2D eigenvalue weighted by Gasteiger charge is 2.27. The second-order valence-electron chi connectivity index (χ2n) is 4.86. The van der Waals surface area contributed by atoms with Crippen LogP contribution in [-0.4, -0.2) is 56.6 Å². The number of piperazine rings is 1. The minimum Gasteiger partial charge on any atom is -0.329 e. The van der Waals surface area contributed by atoms with Crippen molar-refractivity contribution < 1.29 is 8.42 Å². The van der Waals surface area contributed by atoms with Crippen molar-refractivity contribution >= 4 is 10.0 Å². The molecule has 0 saturated carbocycles. The molecule has 1 atom stereocenters. The van der Waals surface area contributed by atoms with Crippen molar-refractivity contribution in [3.8, 4) is 0 Å². The van der Waals surface area contributed by atoms with E-state index >= 15 is 0 Å². The topological polar surface area (TPSA) is 66.6 Å². The number of benzene rings is 1. The quantitative estimate of drug-likeness (QED) is 0.861. The van der Waals surface area contributed by atoms with Crippen molar-refractivity contribution in [2.45, 2.75) is 6.04 Å². The van der Waals surface area contributed by atoms with Crippen LogP contribution in [0.1, 0.15) is 11.6 Å². The molecule has 6 heteroatoms. The molecule has 0 aliphatic carbocycles. The number of nitrogens with two attached hydrogens (primary N) is 1. The molecule has 19 heavy (non-hydrogen) atoms. The van der Waals surface area contributed by atoms with Gasteiger partial charge in [-0.1, -0.05) is 30.3 Å². The molecule has 0 spiro atoms. The van der Waals surface area contributed by atoms with Gasteiger partial charge in [0, 0.05) is 38.8 Å². The van der Waals surface area contributed by atoms with Gasteiger partial charge in [0.05, 0.1) is 6.26 Å². The average Bonchev–Trinajstić information content (AvgIpc) is 2.40. The lowest BCUT2D eigenvalue weighted by atomic mass is 10.0. The Morgan fingerprint density at radius 3 is 2.21 bits per heavy atom. The first-order valence-electron chi connectivity index (χ1n) is 6.46. The molecule has 2 rings (SSSR count). The molecule has 1 saturated heterocycles. The zero-order valence-corrected chi connectivity index (χ0v) is 12.0. The van der Waals surface area contributed by atoms with Crippen LogP contribution in [0.25, 0.3) is 0 Å². The lowest BCUT2D eigenvalue weighted by molar-refractivity contribution is 0.140. The van der Waals surface area contributed by atoms with Crippen molar-refractivity contribution in [1.29, 1.82) is 0 Å². The molecule has 1 aliphatic rings. The number of hydrogen-bond donors (Lipinski definition) is 1. The van der Waals surface area contributed by atoms with Gasteiger partial charge in [-0.15, -0.1) is 0 Å². The molecule has 0 radical (unpaired) electrons. The Balaban J connectivity index is 2.04. The van der Waals surface area contributed by atoms with Crippen molar-refractivity contribution in [2.24, 2.45) is 5.73 Å². The molecule has 1 aliphatic heterocycles. The fraction of sp³-hybridized carbons (Fsp3) is 0.538. The van der Waals surface area contributed by atoms with E-state index in [1.807, 2.05) is 18.2 Å². The van der Waals surface area contributed by atoms with Gasteiger partial charge < -0.3 is 5.73 Å². The molecule has 1 aromatic rings. The summed E-state index contributed by atoms with van der Waals surface area (Å²) < 4.78 is 24.5. The third kappa shape index (κ3) is 3.54. The normalized spacial score (nSPS) is 20.3. The van der Waals surface area contributed by atoms with Gasteiger partial charge in [0.2, 0.25) is 10.0 Å². The van der Waals surface area contributed by atoms with Gasteiger partial charge in [0.1, 0.15) is 0 Å². The summed E-state index contributed by atoms with van der Waals surface area (Å²) in [6, 6.07) is 10.3. The predicted octanol–water partition coefficient (Wildman–Crippen LogP) is 0.264. The maximum Gasteiger partial charge on any atom is 0.211 e. The van der Waals surface area contributed by atoms with Gasteiger partial charge in [-0.3, -0.25) is 4.90 Å². The van der Waals surface area contributed by atoms with E-state index in [4.69, 9.17) is 5.73 Å². The summed E-state index contributed by atoms with van der Waals surface area (Å²) in [4.78, 5) is 2.26. The monoisotopic (exact) mass is 283 g/mol. The van der Waals surface area contributed by atoms with Crippen LogP contribution in [0.2, 0.25) is 0 Å². The van der Waals surface area contributed by atoms with Crippen LogP contribution < -0.4 is 5.73 Å². The van der Waals surface area contributed by atoms with Crippen LogP contribution in [0.4, 0.5) is 0 Å². The number of rotatable bonds is 4. The average molecular weight is 283 g/mol. The van der Waals surface area contributed by atoms with Crippen LogP contribution in [0, 0.1) is 0 Å². The Labute approximate surface area is 115 Å². The Hall–Kier alpha value is -0.950. The van der Waals surface area contributed by atoms with Gasteiger partial charge in [0.15, 0.2) is 0 Å². The second-order valence-corrected chi connectivity index (χ2v) is 6.84. The van der Waals surface area contributed by atoms with E-state index < -0.39 is 10.0 Å². The molecule has 1 fully saturated rings. The Bertz CT molecular complexity index is 496. The van der Waals surface area contributed by atoms with Crippen LogP contribution >= 0.6 is 0 Å². The standard InChI is InChI=1S/C13H21N3O2S/c1-19(17,18)16-9-7-15(8-10-16)13(11-14)12-5-3-2-4-6-12/h2-6,13H,7-11,14H2,1H3. The summed E-state index contributed by atoms with van der Waals surface area (Å²) in [5.41, 5.74) is 7.07. The van der Waals surface area contributed by atoms with Crippen LogP contribution in [0.3, 0.4) is 0 Å². The SMILES string of the molecule is CS(=O)(=O)N1CCN(C(CN)c2ccccc2)CC1. The van der Waals surface area contributed by atoms with Crippen LogP contribution in [-0.2, 0) is 10.0 Å². The summed E-state index contributed by atoms with van der Waals surface area (Å²) in [5, 5.41) is 0. The molecule has 0 bridgehead atoms. The van der Waals surface area contributed by atoms with Crippen LogP contribution in [0.15, 0.2) is 30.3 Å². The van der Waals surface area contributed by atoms with E-state index in [1.54, 1.807) is 0 Å². The number of sulfonamides is 1. The minimum atomic E-state index is -3.07. The van der Waals surface area contributed by atoms with E-state index in [0.717, 1.165) is 13.1 Å². The van der Waals surface area contributed by atoms with Crippen LogP contribution in [0.5, 0.6) is 0 Å². The van der Waals surface area contributed by atoms with E-state index in [0.29, 0.717) is 19.6 Å². The molecule has 1 aromatic carbocycles.